The molecule has 3 rings (SSSR count). The summed E-state index contributed by atoms with van der Waals surface area (Å²) < 4.78 is 33.7. The molecule has 1 aliphatic heterocycles. The fraction of sp³-hybridized carbons (Fsp3) is 0.267. The van der Waals surface area contributed by atoms with Gasteiger partial charge in [-0.15, -0.1) is 10.2 Å². The number of ether oxygens (including phenoxy) is 1. The zero-order chi connectivity index (χ0) is 19.1. The largest absolute Gasteiger partial charge is 0.504 e. The maximum Gasteiger partial charge on any atom is 0.383 e. The number of benzene rings is 1. The maximum atomic E-state index is 13.4. The van der Waals surface area contributed by atoms with Gasteiger partial charge in [0.1, 0.15) is 0 Å². The number of thioether (sulfide) groups is 1. The summed E-state index contributed by atoms with van der Waals surface area (Å²) in [4.78, 5) is 0.683. The summed E-state index contributed by atoms with van der Waals surface area (Å²) in [5, 5.41) is 17.7. The summed E-state index contributed by atoms with van der Waals surface area (Å²) in [5.74, 6) is -0.383. The first-order valence-electron chi connectivity index (χ1n) is 7.34. The van der Waals surface area contributed by atoms with Crippen molar-refractivity contribution in [1.82, 2.24) is 14.9 Å². The van der Waals surface area contributed by atoms with Crippen molar-refractivity contribution in [3.63, 3.8) is 0 Å². The molecule has 1 N–H and O–H groups in total. The van der Waals surface area contributed by atoms with Gasteiger partial charge in [-0.1, -0.05) is 15.9 Å². The smallest absolute Gasteiger partial charge is 0.383 e. The van der Waals surface area contributed by atoms with E-state index in [1.807, 2.05) is 6.92 Å². The van der Waals surface area contributed by atoms with Crippen LogP contribution in [0.2, 0.25) is 0 Å². The molecule has 1 aliphatic rings. The van der Waals surface area contributed by atoms with Crippen molar-refractivity contribution in [3.05, 3.63) is 32.9 Å². The second kappa shape index (κ2) is 7.16. The molecule has 0 bridgehead atoms. The highest BCUT2D eigenvalue weighted by Gasteiger charge is 2.37. The Labute approximate surface area is 165 Å². The molecule has 0 spiro atoms. The molecule has 0 aliphatic carbocycles. The van der Waals surface area contributed by atoms with Gasteiger partial charge in [0, 0.05) is 9.38 Å². The van der Waals surface area contributed by atoms with Gasteiger partial charge in [0.2, 0.25) is 11.0 Å². The Morgan fingerprint density at radius 2 is 2.15 bits per heavy atom. The maximum absolute atomic E-state index is 13.4. The number of phenols is 1. The number of aromatic nitrogens is 3. The summed E-state index contributed by atoms with van der Waals surface area (Å²) in [7, 11) is 0. The predicted molar refractivity (Wildman–Crippen MR) is 99.1 cm³/mol. The van der Waals surface area contributed by atoms with Gasteiger partial charge >= 0.3 is 5.38 Å². The predicted octanol–water partition coefficient (Wildman–Crippen LogP) is 4.80. The zero-order valence-corrected chi connectivity index (χ0v) is 16.7. The third kappa shape index (κ3) is 3.72. The molecule has 1 aromatic heterocycles. The number of fused-ring (bicyclic) bond motifs is 1. The highest BCUT2D eigenvalue weighted by molar-refractivity contribution is 9.10. The number of phenolic OH excluding ortho intramolecular Hbond substituents is 1. The van der Waals surface area contributed by atoms with Crippen molar-refractivity contribution in [1.29, 1.82) is 0 Å². The van der Waals surface area contributed by atoms with Crippen LogP contribution in [0.15, 0.2) is 31.8 Å². The van der Waals surface area contributed by atoms with E-state index in [-0.39, 0.29) is 10.9 Å². The van der Waals surface area contributed by atoms with Gasteiger partial charge in [-0.2, -0.15) is 18.6 Å². The van der Waals surface area contributed by atoms with Crippen LogP contribution in [0, 0.1) is 0 Å². The number of alkyl halides is 3. The van der Waals surface area contributed by atoms with Gasteiger partial charge in [0.15, 0.2) is 11.5 Å². The minimum absolute atomic E-state index is 0.0105. The number of allylic oxidation sites excluding steroid dienone is 1. The van der Waals surface area contributed by atoms with E-state index in [1.54, 1.807) is 19.1 Å². The molecule has 0 amide bonds. The van der Waals surface area contributed by atoms with E-state index in [1.165, 1.54) is 6.07 Å². The number of aromatic hydroxyl groups is 1. The second-order valence-corrected chi connectivity index (χ2v) is 7.52. The van der Waals surface area contributed by atoms with Gasteiger partial charge in [0.25, 0.3) is 0 Å². The lowest BCUT2D eigenvalue weighted by molar-refractivity contribution is 0.0799. The molecule has 138 valence electrons. The first kappa shape index (κ1) is 19.1. The average molecular weight is 466 g/mol. The van der Waals surface area contributed by atoms with Crippen LogP contribution in [0.3, 0.4) is 0 Å². The molecular formula is C15H12BrClF2N4O2S. The van der Waals surface area contributed by atoms with Crippen LogP contribution >= 0.6 is 39.3 Å². The second-order valence-electron chi connectivity index (χ2n) is 5.19. The standard InChI is InChI=1S/C15H12BrClF2N4O2S/c1-3-25-11-4-8(9(16)6-10(11)24)5-12-7(2)22-23-13(15(17,18)19)20-21-14(23)26-12/h4-6,24H,3H2,1-2H3. The molecule has 2 heterocycles. The molecule has 1 aromatic carbocycles. The van der Waals surface area contributed by atoms with Crippen molar-refractivity contribution < 1.29 is 18.6 Å². The van der Waals surface area contributed by atoms with Crippen molar-refractivity contribution in [2.45, 2.75) is 24.4 Å². The highest BCUT2D eigenvalue weighted by Crippen LogP contribution is 2.39. The highest BCUT2D eigenvalue weighted by atomic mass is 79.9. The van der Waals surface area contributed by atoms with Crippen LogP contribution in [-0.4, -0.2) is 32.3 Å². The number of hydrogen-bond acceptors (Lipinski definition) is 6. The van der Waals surface area contributed by atoms with E-state index in [9.17, 15) is 13.9 Å². The first-order chi connectivity index (χ1) is 12.2. The van der Waals surface area contributed by atoms with Crippen LogP contribution in [0.25, 0.3) is 6.08 Å². The Balaban J connectivity index is 2.01. The fourth-order valence-electron chi connectivity index (χ4n) is 2.18. The minimum Gasteiger partial charge on any atom is -0.504 e. The Morgan fingerprint density at radius 1 is 1.42 bits per heavy atom. The monoisotopic (exact) mass is 464 g/mol. The number of hydrogen-bond donors (Lipinski definition) is 1. The van der Waals surface area contributed by atoms with Gasteiger partial charge in [-0.3, -0.25) is 0 Å². The summed E-state index contributed by atoms with van der Waals surface area (Å²) >= 11 is 9.55. The number of halogens is 4. The van der Waals surface area contributed by atoms with Gasteiger partial charge < -0.3 is 9.84 Å². The van der Waals surface area contributed by atoms with Gasteiger partial charge in [0.05, 0.1) is 12.3 Å². The van der Waals surface area contributed by atoms with Crippen LogP contribution < -0.4 is 4.74 Å². The third-order valence-corrected chi connectivity index (χ3v) is 5.26. The summed E-state index contributed by atoms with van der Waals surface area (Å²) in [5.41, 5.74) is 1.21. The summed E-state index contributed by atoms with van der Waals surface area (Å²) in [6.07, 6.45) is 1.78. The van der Waals surface area contributed by atoms with Gasteiger partial charge in [-0.25, -0.2) is 0 Å². The Bertz CT molecular complexity index is 927. The van der Waals surface area contributed by atoms with E-state index in [0.717, 1.165) is 22.0 Å². The molecule has 11 heteroatoms. The lowest BCUT2D eigenvalue weighted by atomic mass is 10.1. The molecule has 0 saturated carbocycles. The molecule has 0 saturated heterocycles. The number of rotatable bonds is 4. The SMILES string of the molecule is CCOc1cc(C=C2Sc3nnc(C(F)(F)Cl)n3N=C2C)c(Br)cc1O. The number of nitrogens with zero attached hydrogens (tertiary/aromatic N) is 4. The van der Waals surface area contributed by atoms with Gasteiger partial charge in [-0.05, 0) is 61.0 Å². The quantitative estimate of drug-likeness (QED) is 0.657. The van der Waals surface area contributed by atoms with E-state index in [4.69, 9.17) is 16.3 Å². The van der Waals surface area contributed by atoms with Crippen LogP contribution in [0.1, 0.15) is 25.2 Å². The first-order valence-corrected chi connectivity index (χ1v) is 9.33. The summed E-state index contributed by atoms with van der Waals surface area (Å²) in [6, 6.07) is 3.19. The van der Waals surface area contributed by atoms with Crippen LogP contribution in [0.5, 0.6) is 11.5 Å². The average Bonchev–Trinajstić information content (AvgIpc) is 2.95. The third-order valence-electron chi connectivity index (χ3n) is 3.34. The lowest BCUT2D eigenvalue weighted by Crippen LogP contribution is -2.15. The van der Waals surface area contributed by atoms with E-state index in [0.29, 0.717) is 27.4 Å². The van der Waals surface area contributed by atoms with E-state index < -0.39 is 11.2 Å². The molecule has 0 radical (unpaired) electrons. The molecule has 2 aromatic rings. The fourth-order valence-corrected chi connectivity index (χ4v) is 3.61. The van der Waals surface area contributed by atoms with E-state index in [2.05, 4.69) is 31.2 Å². The van der Waals surface area contributed by atoms with Crippen LogP contribution in [-0.2, 0) is 5.38 Å². The van der Waals surface area contributed by atoms with Crippen molar-refractivity contribution in [3.8, 4) is 11.5 Å². The molecular weight excluding hydrogens is 454 g/mol. The van der Waals surface area contributed by atoms with Crippen LogP contribution in [0.4, 0.5) is 8.78 Å². The minimum atomic E-state index is -3.66. The topological polar surface area (TPSA) is 72.5 Å². The Morgan fingerprint density at radius 3 is 2.81 bits per heavy atom. The molecule has 0 fully saturated rings. The zero-order valence-electron chi connectivity index (χ0n) is 13.5. The normalized spacial score (nSPS) is 15.8. The van der Waals surface area contributed by atoms with Crippen molar-refractivity contribution >= 4 is 51.1 Å². The molecule has 0 atom stereocenters. The summed E-state index contributed by atoms with van der Waals surface area (Å²) in [6.45, 7) is 3.89. The Kier molecular flexibility index (Phi) is 5.27. The molecule has 0 unspecified atom stereocenters. The van der Waals surface area contributed by atoms with Crippen molar-refractivity contribution in [2.75, 3.05) is 6.61 Å². The lowest BCUT2D eigenvalue weighted by Gasteiger charge is -2.16. The molecule has 6 nitrogen and oxygen atoms in total. The van der Waals surface area contributed by atoms with Crippen molar-refractivity contribution in [2.24, 2.45) is 5.10 Å². The van der Waals surface area contributed by atoms with E-state index >= 15 is 0 Å². The Hall–Kier alpha value is -1.65. The molecule has 26 heavy (non-hydrogen) atoms.